The summed E-state index contributed by atoms with van der Waals surface area (Å²) in [5.41, 5.74) is 3.63. The van der Waals surface area contributed by atoms with E-state index in [0.29, 0.717) is 36.0 Å². The van der Waals surface area contributed by atoms with Crippen LogP contribution in [-0.2, 0) is 6.54 Å². The third-order valence-electron chi connectivity index (χ3n) is 5.23. The molecule has 0 unspecified atom stereocenters. The summed E-state index contributed by atoms with van der Waals surface area (Å²) in [6.07, 6.45) is 1.03. The van der Waals surface area contributed by atoms with E-state index in [2.05, 4.69) is 62.3 Å². The number of anilines is 4. The van der Waals surface area contributed by atoms with Gasteiger partial charge in [-0.25, -0.2) is 0 Å². The third kappa shape index (κ3) is 4.62. The molecule has 1 fully saturated rings. The van der Waals surface area contributed by atoms with Gasteiger partial charge in [0.25, 0.3) is 5.91 Å². The highest BCUT2D eigenvalue weighted by Gasteiger charge is 2.24. The molecule has 4 rings (SSSR count). The quantitative estimate of drug-likeness (QED) is 0.493. The Balaban J connectivity index is 1.64. The zero-order valence-electron chi connectivity index (χ0n) is 18.0. The fourth-order valence-corrected chi connectivity index (χ4v) is 3.59. The fraction of sp³-hybridized carbons (Fsp3) is 0.524. The first-order valence-corrected chi connectivity index (χ1v) is 10.4. The van der Waals surface area contributed by atoms with E-state index in [1.165, 1.54) is 0 Å². The van der Waals surface area contributed by atoms with Crippen LogP contribution in [0.3, 0.4) is 0 Å². The molecule has 0 saturated carbocycles. The molecule has 0 bridgehead atoms. The smallest absolute Gasteiger partial charge is 0.251 e. The van der Waals surface area contributed by atoms with Crippen molar-refractivity contribution in [3.63, 3.8) is 0 Å². The van der Waals surface area contributed by atoms with Crippen molar-refractivity contribution in [2.24, 2.45) is 5.41 Å². The Morgan fingerprint density at radius 3 is 2.63 bits per heavy atom. The van der Waals surface area contributed by atoms with Crippen LogP contribution in [-0.4, -0.2) is 46.5 Å². The Bertz CT molecular complexity index is 947. The monoisotopic (exact) mass is 410 g/mol. The van der Waals surface area contributed by atoms with Gasteiger partial charge >= 0.3 is 0 Å². The first kappa shape index (κ1) is 20.3. The molecule has 9 heteroatoms. The largest absolute Gasteiger partial charge is 0.353 e. The summed E-state index contributed by atoms with van der Waals surface area (Å²) in [4.78, 5) is 25.8. The molecule has 2 aliphatic heterocycles. The van der Waals surface area contributed by atoms with E-state index in [1.54, 1.807) is 0 Å². The molecule has 30 heavy (non-hydrogen) atoms. The average Bonchev–Trinajstić information content (AvgIpc) is 3.32. The summed E-state index contributed by atoms with van der Waals surface area (Å²) >= 11 is 0. The van der Waals surface area contributed by atoms with Crippen molar-refractivity contribution >= 4 is 29.4 Å². The van der Waals surface area contributed by atoms with Gasteiger partial charge in [-0.2, -0.15) is 15.0 Å². The van der Waals surface area contributed by atoms with Crippen LogP contribution in [0.1, 0.15) is 48.7 Å². The zero-order chi connectivity index (χ0) is 21.3. The molecule has 1 amide bonds. The molecule has 2 aliphatic rings. The van der Waals surface area contributed by atoms with Gasteiger partial charge < -0.3 is 26.6 Å². The van der Waals surface area contributed by atoms with Gasteiger partial charge in [0.2, 0.25) is 17.8 Å². The van der Waals surface area contributed by atoms with Gasteiger partial charge in [0.15, 0.2) is 0 Å². The molecule has 1 saturated heterocycles. The second-order valence-electron chi connectivity index (χ2n) is 9.15. The number of rotatable bonds is 6. The van der Waals surface area contributed by atoms with E-state index in [1.807, 2.05) is 19.1 Å². The summed E-state index contributed by atoms with van der Waals surface area (Å²) in [6, 6.07) is 4.09. The van der Waals surface area contributed by atoms with Crippen molar-refractivity contribution in [1.29, 1.82) is 0 Å². The van der Waals surface area contributed by atoms with Crippen LogP contribution >= 0.6 is 0 Å². The van der Waals surface area contributed by atoms with E-state index in [9.17, 15) is 4.79 Å². The number of nitrogens with one attached hydrogen (secondary N) is 5. The Hall–Kier alpha value is -2.94. The van der Waals surface area contributed by atoms with E-state index in [4.69, 9.17) is 0 Å². The van der Waals surface area contributed by atoms with Crippen LogP contribution in [0.15, 0.2) is 12.1 Å². The van der Waals surface area contributed by atoms with E-state index < -0.39 is 0 Å². The topological polar surface area (TPSA) is 116 Å². The number of aryl methyl sites for hydroxylation is 1. The highest BCUT2D eigenvalue weighted by molar-refractivity contribution is 6.00. The minimum absolute atomic E-state index is 0.0488. The number of nitrogens with zero attached hydrogens (tertiary/aromatic N) is 3. The van der Waals surface area contributed by atoms with Gasteiger partial charge in [-0.15, -0.1) is 0 Å². The molecule has 0 aliphatic carbocycles. The summed E-state index contributed by atoms with van der Waals surface area (Å²) in [7, 11) is 0. The summed E-state index contributed by atoms with van der Waals surface area (Å²) in [6.45, 7) is 11.6. The Kier molecular flexibility index (Phi) is 5.46. The van der Waals surface area contributed by atoms with E-state index in [0.717, 1.165) is 42.9 Å². The number of carbonyl (C=O) groups is 1. The standard InChI is InChI=1S/C21H30N8O/c1-12-5-6-14-15(10-23-17(14)30)16(12)26-20-28-18(24-11-21(2,3)4)27-19(29-20)25-13-7-8-22-9-13/h5-6,13,22H,7-11H2,1-4H3,(H,23,30)(H3,24,25,26,27,28,29)/t13-/m0/s1. The normalized spacial score (nSPS) is 18.1. The van der Waals surface area contributed by atoms with Crippen LogP contribution in [0.4, 0.5) is 23.5 Å². The molecule has 3 heterocycles. The Morgan fingerprint density at radius 2 is 1.90 bits per heavy atom. The van der Waals surface area contributed by atoms with Crippen LogP contribution in [0.25, 0.3) is 0 Å². The second-order valence-corrected chi connectivity index (χ2v) is 9.15. The molecule has 1 atom stereocenters. The molecule has 5 N–H and O–H groups in total. The number of carbonyl (C=O) groups excluding carboxylic acids is 1. The van der Waals surface area contributed by atoms with Gasteiger partial charge in [0.1, 0.15) is 0 Å². The van der Waals surface area contributed by atoms with Crippen molar-refractivity contribution < 1.29 is 4.79 Å². The van der Waals surface area contributed by atoms with E-state index >= 15 is 0 Å². The molecule has 0 radical (unpaired) electrons. The zero-order valence-corrected chi connectivity index (χ0v) is 18.0. The van der Waals surface area contributed by atoms with Crippen molar-refractivity contribution in [3.8, 4) is 0 Å². The maximum atomic E-state index is 12.1. The molecule has 160 valence electrons. The third-order valence-corrected chi connectivity index (χ3v) is 5.23. The van der Waals surface area contributed by atoms with Gasteiger partial charge in [0, 0.05) is 42.5 Å². The number of benzene rings is 1. The van der Waals surface area contributed by atoms with Crippen LogP contribution < -0.4 is 26.6 Å². The second kappa shape index (κ2) is 8.06. The van der Waals surface area contributed by atoms with Gasteiger partial charge in [-0.05, 0) is 36.9 Å². The number of amides is 1. The number of hydrogen-bond donors (Lipinski definition) is 5. The van der Waals surface area contributed by atoms with Crippen molar-refractivity contribution in [2.45, 2.75) is 46.7 Å². The number of hydrogen-bond acceptors (Lipinski definition) is 8. The van der Waals surface area contributed by atoms with E-state index in [-0.39, 0.29) is 11.3 Å². The van der Waals surface area contributed by atoms with Gasteiger partial charge in [-0.3, -0.25) is 4.79 Å². The fourth-order valence-electron chi connectivity index (χ4n) is 3.59. The molecular weight excluding hydrogens is 380 g/mol. The average molecular weight is 411 g/mol. The van der Waals surface area contributed by atoms with Crippen LogP contribution in [0.5, 0.6) is 0 Å². The lowest BCUT2D eigenvalue weighted by molar-refractivity contribution is 0.0965. The lowest BCUT2D eigenvalue weighted by atomic mass is 9.97. The SMILES string of the molecule is Cc1ccc2c(c1Nc1nc(NCC(C)(C)C)nc(N[C@H]3CCNC3)n1)CNC2=O. The predicted octanol–water partition coefficient (Wildman–Crippen LogP) is 2.40. The van der Waals surface area contributed by atoms with Crippen molar-refractivity contribution in [3.05, 3.63) is 28.8 Å². The predicted molar refractivity (Wildman–Crippen MR) is 118 cm³/mol. The lowest BCUT2D eigenvalue weighted by Crippen LogP contribution is -2.25. The first-order chi connectivity index (χ1) is 14.3. The van der Waals surface area contributed by atoms with Gasteiger partial charge in [0.05, 0.1) is 0 Å². The molecule has 1 aromatic heterocycles. The van der Waals surface area contributed by atoms with Crippen LogP contribution in [0.2, 0.25) is 0 Å². The minimum atomic E-state index is -0.0488. The van der Waals surface area contributed by atoms with Crippen LogP contribution in [0, 0.1) is 12.3 Å². The first-order valence-electron chi connectivity index (χ1n) is 10.4. The van der Waals surface area contributed by atoms with Gasteiger partial charge in [-0.1, -0.05) is 26.8 Å². The molecule has 0 spiro atoms. The Morgan fingerprint density at radius 1 is 1.13 bits per heavy atom. The minimum Gasteiger partial charge on any atom is -0.353 e. The highest BCUT2D eigenvalue weighted by atomic mass is 16.1. The Labute approximate surface area is 176 Å². The molecular formula is C21H30N8O. The summed E-state index contributed by atoms with van der Waals surface area (Å²) in [5.74, 6) is 1.46. The summed E-state index contributed by atoms with van der Waals surface area (Å²) in [5, 5.41) is 16.3. The maximum Gasteiger partial charge on any atom is 0.251 e. The molecule has 1 aromatic carbocycles. The summed E-state index contributed by atoms with van der Waals surface area (Å²) < 4.78 is 0. The highest BCUT2D eigenvalue weighted by Crippen LogP contribution is 2.30. The number of aromatic nitrogens is 3. The lowest BCUT2D eigenvalue weighted by Gasteiger charge is -2.20. The molecule has 9 nitrogen and oxygen atoms in total. The van der Waals surface area contributed by atoms with Crippen molar-refractivity contribution in [2.75, 3.05) is 35.6 Å². The number of fused-ring (bicyclic) bond motifs is 1. The van der Waals surface area contributed by atoms with Crippen molar-refractivity contribution in [1.82, 2.24) is 25.6 Å². The maximum absolute atomic E-state index is 12.1. The molecule has 2 aromatic rings.